The molecule has 0 aromatic heterocycles. The van der Waals surface area contributed by atoms with E-state index in [2.05, 4.69) is 16.0 Å². The lowest BCUT2D eigenvalue weighted by Crippen LogP contribution is -2.58. The van der Waals surface area contributed by atoms with Gasteiger partial charge in [-0.05, 0) is 24.7 Å². The van der Waals surface area contributed by atoms with E-state index in [1.54, 1.807) is 20.8 Å². The van der Waals surface area contributed by atoms with Crippen molar-refractivity contribution in [1.29, 1.82) is 0 Å². The fourth-order valence-electron chi connectivity index (χ4n) is 2.98. The number of carboxylic acid groups (broad SMARTS) is 1. The van der Waals surface area contributed by atoms with Crippen LogP contribution in [0.2, 0.25) is 0 Å². The van der Waals surface area contributed by atoms with Gasteiger partial charge in [0.05, 0.1) is 12.5 Å². The number of primary amides is 2. The Morgan fingerprint density at radius 3 is 1.74 bits per heavy atom. The molecule has 0 aliphatic carbocycles. The first-order chi connectivity index (χ1) is 15.7. The molecular formula is C21H38N6O7. The first-order valence-corrected chi connectivity index (χ1v) is 11.2. The minimum absolute atomic E-state index is 0.0899. The Hall–Kier alpha value is -3.22. The van der Waals surface area contributed by atoms with Crippen molar-refractivity contribution in [3.05, 3.63) is 0 Å². The van der Waals surface area contributed by atoms with Crippen LogP contribution in [0.1, 0.15) is 59.8 Å². The molecule has 10 N–H and O–H groups in total. The highest BCUT2D eigenvalue weighted by Crippen LogP contribution is 2.09. The van der Waals surface area contributed by atoms with Crippen LogP contribution < -0.4 is 33.2 Å². The summed E-state index contributed by atoms with van der Waals surface area (Å²) >= 11 is 0. The largest absolute Gasteiger partial charge is 0.480 e. The number of hydrogen-bond donors (Lipinski definition) is 7. The zero-order valence-electron chi connectivity index (χ0n) is 20.1. The normalized spacial score (nSPS) is 15.4. The quantitative estimate of drug-likeness (QED) is 0.129. The third-order valence-electron chi connectivity index (χ3n) is 5.23. The number of carboxylic acids is 1. The van der Waals surface area contributed by atoms with Crippen LogP contribution in [0, 0.1) is 11.8 Å². The van der Waals surface area contributed by atoms with Crippen LogP contribution in [0.4, 0.5) is 0 Å². The van der Waals surface area contributed by atoms with Crippen LogP contribution in [0.15, 0.2) is 0 Å². The van der Waals surface area contributed by atoms with E-state index >= 15 is 0 Å². The van der Waals surface area contributed by atoms with Gasteiger partial charge >= 0.3 is 5.97 Å². The smallest absolute Gasteiger partial charge is 0.326 e. The van der Waals surface area contributed by atoms with Crippen molar-refractivity contribution in [1.82, 2.24) is 16.0 Å². The van der Waals surface area contributed by atoms with Crippen molar-refractivity contribution in [2.24, 2.45) is 29.0 Å². The first-order valence-electron chi connectivity index (χ1n) is 11.2. The Morgan fingerprint density at radius 2 is 1.29 bits per heavy atom. The zero-order chi connectivity index (χ0) is 26.6. The molecule has 13 heteroatoms. The van der Waals surface area contributed by atoms with Crippen LogP contribution >= 0.6 is 0 Å². The van der Waals surface area contributed by atoms with E-state index < -0.39 is 66.1 Å². The average molecular weight is 487 g/mol. The van der Waals surface area contributed by atoms with Crippen LogP contribution in [-0.4, -0.2) is 64.8 Å². The van der Waals surface area contributed by atoms with Gasteiger partial charge in [0.25, 0.3) is 0 Å². The summed E-state index contributed by atoms with van der Waals surface area (Å²) in [6.07, 6.45) is -0.285. The van der Waals surface area contributed by atoms with Crippen molar-refractivity contribution in [3.63, 3.8) is 0 Å². The topological polar surface area (TPSA) is 237 Å². The third-order valence-corrected chi connectivity index (χ3v) is 5.23. The van der Waals surface area contributed by atoms with Crippen LogP contribution in [0.25, 0.3) is 0 Å². The minimum atomic E-state index is -1.40. The van der Waals surface area contributed by atoms with E-state index in [1.165, 1.54) is 0 Å². The van der Waals surface area contributed by atoms with Gasteiger partial charge in [-0.25, -0.2) is 4.79 Å². The molecule has 194 valence electrons. The maximum Gasteiger partial charge on any atom is 0.326 e. The maximum atomic E-state index is 12.9. The van der Waals surface area contributed by atoms with Crippen molar-refractivity contribution >= 4 is 35.5 Å². The molecule has 5 unspecified atom stereocenters. The SMILES string of the molecule is CCC(C)C(N)C(=O)NC(CC(N)=O)C(=O)NC(CC(C)C)C(=O)NC(CCC(N)=O)C(=O)O. The molecule has 0 fully saturated rings. The Morgan fingerprint density at radius 1 is 0.794 bits per heavy atom. The number of carbonyl (C=O) groups is 6. The highest BCUT2D eigenvalue weighted by Gasteiger charge is 2.32. The number of hydrogen-bond acceptors (Lipinski definition) is 7. The van der Waals surface area contributed by atoms with E-state index in [0.29, 0.717) is 6.42 Å². The molecule has 0 saturated heterocycles. The standard InChI is InChI=1S/C21H38N6O7/c1-5-11(4)17(24)20(32)27-14(9-16(23)29)19(31)26-13(8-10(2)3)18(30)25-12(21(33)34)6-7-15(22)28/h10-14,17H,5-9,24H2,1-4H3,(H2,22,28)(H2,23,29)(H,25,30)(H,26,31)(H,27,32)(H,33,34). The number of amides is 5. The highest BCUT2D eigenvalue weighted by atomic mass is 16.4. The summed E-state index contributed by atoms with van der Waals surface area (Å²) in [6, 6.07) is -4.89. The molecule has 5 atom stereocenters. The number of nitrogens with one attached hydrogen (secondary N) is 3. The van der Waals surface area contributed by atoms with Crippen molar-refractivity contribution in [3.8, 4) is 0 Å². The second-order valence-corrected chi connectivity index (χ2v) is 8.74. The first kappa shape index (κ1) is 30.8. The summed E-state index contributed by atoms with van der Waals surface area (Å²) in [5.41, 5.74) is 16.1. The van der Waals surface area contributed by atoms with Gasteiger partial charge in [-0.1, -0.05) is 34.1 Å². The number of aliphatic carboxylic acids is 1. The van der Waals surface area contributed by atoms with E-state index in [4.69, 9.17) is 17.2 Å². The molecule has 0 rings (SSSR count). The second kappa shape index (κ2) is 14.8. The molecule has 5 amide bonds. The van der Waals surface area contributed by atoms with E-state index in [-0.39, 0.29) is 31.1 Å². The van der Waals surface area contributed by atoms with Crippen LogP contribution in [0.5, 0.6) is 0 Å². The molecule has 34 heavy (non-hydrogen) atoms. The fraction of sp³-hybridized carbons (Fsp3) is 0.714. The van der Waals surface area contributed by atoms with Gasteiger partial charge < -0.3 is 38.3 Å². The molecule has 0 aromatic carbocycles. The lowest BCUT2D eigenvalue weighted by molar-refractivity contribution is -0.143. The molecule has 0 heterocycles. The van der Waals surface area contributed by atoms with Crippen molar-refractivity contribution in [2.45, 2.75) is 84.0 Å². The van der Waals surface area contributed by atoms with Gasteiger partial charge in [-0.3, -0.25) is 24.0 Å². The highest BCUT2D eigenvalue weighted by molar-refractivity contribution is 5.96. The fourth-order valence-corrected chi connectivity index (χ4v) is 2.98. The van der Waals surface area contributed by atoms with E-state index in [1.807, 2.05) is 6.92 Å². The molecule has 0 aliphatic heterocycles. The summed E-state index contributed by atoms with van der Waals surface area (Å²) < 4.78 is 0. The molecular weight excluding hydrogens is 448 g/mol. The van der Waals surface area contributed by atoms with Crippen molar-refractivity contribution < 1.29 is 33.9 Å². The predicted molar refractivity (Wildman–Crippen MR) is 123 cm³/mol. The second-order valence-electron chi connectivity index (χ2n) is 8.74. The summed E-state index contributed by atoms with van der Waals surface area (Å²) in [4.78, 5) is 72.0. The predicted octanol–water partition coefficient (Wildman–Crippen LogP) is -1.91. The Labute approximate surface area is 198 Å². The van der Waals surface area contributed by atoms with Gasteiger partial charge in [0.2, 0.25) is 29.5 Å². The number of nitrogens with two attached hydrogens (primary N) is 3. The third kappa shape index (κ3) is 11.6. The number of rotatable bonds is 16. The zero-order valence-corrected chi connectivity index (χ0v) is 20.1. The van der Waals surface area contributed by atoms with Crippen LogP contribution in [-0.2, 0) is 28.8 Å². The summed E-state index contributed by atoms with van der Waals surface area (Å²) in [7, 11) is 0. The Bertz CT molecular complexity index is 758. The summed E-state index contributed by atoms with van der Waals surface area (Å²) in [6.45, 7) is 7.16. The molecule has 13 nitrogen and oxygen atoms in total. The maximum absolute atomic E-state index is 12.9. The van der Waals surface area contributed by atoms with E-state index in [9.17, 15) is 33.9 Å². The number of carbonyl (C=O) groups excluding carboxylic acids is 5. The van der Waals surface area contributed by atoms with Crippen LogP contribution in [0.3, 0.4) is 0 Å². The van der Waals surface area contributed by atoms with Gasteiger partial charge in [0, 0.05) is 6.42 Å². The monoisotopic (exact) mass is 486 g/mol. The van der Waals surface area contributed by atoms with Gasteiger partial charge in [0.15, 0.2) is 0 Å². The lowest BCUT2D eigenvalue weighted by atomic mass is 9.98. The molecule has 0 bridgehead atoms. The Kier molecular flexibility index (Phi) is 13.4. The molecule has 0 aliphatic rings. The van der Waals surface area contributed by atoms with Gasteiger partial charge in [-0.15, -0.1) is 0 Å². The van der Waals surface area contributed by atoms with E-state index in [0.717, 1.165) is 0 Å². The Balaban J connectivity index is 5.56. The molecule has 0 spiro atoms. The molecule has 0 aromatic rings. The van der Waals surface area contributed by atoms with Gasteiger partial charge in [-0.2, -0.15) is 0 Å². The van der Waals surface area contributed by atoms with Crippen molar-refractivity contribution in [2.75, 3.05) is 0 Å². The minimum Gasteiger partial charge on any atom is -0.480 e. The average Bonchev–Trinajstić information content (AvgIpc) is 2.73. The molecule has 0 saturated carbocycles. The summed E-state index contributed by atoms with van der Waals surface area (Å²) in [5, 5.41) is 16.5. The lowest BCUT2D eigenvalue weighted by Gasteiger charge is -2.26. The molecule has 0 radical (unpaired) electrons. The summed E-state index contributed by atoms with van der Waals surface area (Å²) in [5.74, 6) is -5.56. The van der Waals surface area contributed by atoms with Gasteiger partial charge in [0.1, 0.15) is 18.1 Å².